The van der Waals surface area contributed by atoms with Gasteiger partial charge in [-0.3, -0.25) is 4.79 Å². The standard InChI is InChI=1S/C15H16BrN3O/c1-8-5-11(6-9(2)14(8)16)19-13-7-10(15(18)20)3-4-12(13)17/h3-7,19H,17H2,1-2H3,(H2,18,20). The molecule has 2 aromatic rings. The van der Waals surface area contributed by atoms with Crippen LogP contribution < -0.4 is 16.8 Å². The molecule has 0 bridgehead atoms. The molecule has 4 nitrogen and oxygen atoms in total. The number of nitrogens with two attached hydrogens (primary N) is 2. The second kappa shape index (κ2) is 5.54. The summed E-state index contributed by atoms with van der Waals surface area (Å²) in [7, 11) is 0. The van der Waals surface area contributed by atoms with Crippen molar-refractivity contribution in [3.8, 4) is 0 Å². The van der Waals surface area contributed by atoms with Crippen molar-refractivity contribution in [2.75, 3.05) is 11.1 Å². The van der Waals surface area contributed by atoms with Gasteiger partial charge >= 0.3 is 0 Å². The third-order valence-corrected chi connectivity index (χ3v) is 4.30. The van der Waals surface area contributed by atoms with Gasteiger partial charge in [-0.15, -0.1) is 0 Å². The molecule has 0 unspecified atom stereocenters. The highest BCUT2D eigenvalue weighted by atomic mass is 79.9. The van der Waals surface area contributed by atoms with Crippen molar-refractivity contribution in [2.24, 2.45) is 5.73 Å². The SMILES string of the molecule is Cc1cc(Nc2cc(C(N)=O)ccc2N)cc(C)c1Br. The van der Waals surface area contributed by atoms with Crippen LogP contribution in [0.5, 0.6) is 0 Å². The van der Waals surface area contributed by atoms with Crippen LogP contribution in [-0.2, 0) is 0 Å². The van der Waals surface area contributed by atoms with E-state index in [9.17, 15) is 4.79 Å². The summed E-state index contributed by atoms with van der Waals surface area (Å²) in [4.78, 5) is 11.2. The van der Waals surface area contributed by atoms with Crippen LogP contribution in [0.2, 0.25) is 0 Å². The molecule has 0 saturated carbocycles. The third kappa shape index (κ3) is 2.93. The number of halogens is 1. The lowest BCUT2D eigenvalue weighted by Crippen LogP contribution is -2.11. The number of benzene rings is 2. The minimum absolute atomic E-state index is 0.423. The second-order valence-corrected chi connectivity index (χ2v) is 5.51. The predicted octanol–water partition coefficient (Wildman–Crippen LogP) is 3.49. The van der Waals surface area contributed by atoms with Crippen molar-refractivity contribution < 1.29 is 4.79 Å². The van der Waals surface area contributed by atoms with Gasteiger partial charge in [0.2, 0.25) is 5.91 Å². The van der Waals surface area contributed by atoms with Gasteiger partial charge in [0.05, 0.1) is 11.4 Å². The summed E-state index contributed by atoms with van der Waals surface area (Å²) in [6.07, 6.45) is 0. The molecule has 0 spiro atoms. The average Bonchev–Trinajstić information content (AvgIpc) is 2.38. The zero-order valence-corrected chi connectivity index (χ0v) is 12.9. The van der Waals surface area contributed by atoms with Gasteiger partial charge < -0.3 is 16.8 Å². The smallest absolute Gasteiger partial charge is 0.248 e. The molecule has 0 heterocycles. The van der Waals surface area contributed by atoms with E-state index in [1.807, 2.05) is 26.0 Å². The van der Waals surface area contributed by atoms with E-state index in [1.165, 1.54) is 0 Å². The van der Waals surface area contributed by atoms with Crippen molar-refractivity contribution in [1.29, 1.82) is 0 Å². The number of hydrogen-bond donors (Lipinski definition) is 3. The first kappa shape index (κ1) is 14.4. The number of primary amides is 1. The normalized spacial score (nSPS) is 10.3. The summed E-state index contributed by atoms with van der Waals surface area (Å²) in [5, 5.41) is 3.22. The Labute approximate surface area is 126 Å². The molecule has 0 aliphatic heterocycles. The number of carbonyl (C=O) groups is 1. The van der Waals surface area contributed by atoms with E-state index in [2.05, 4.69) is 21.2 Å². The molecule has 0 aliphatic rings. The van der Waals surface area contributed by atoms with Crippen molar-refractivity contribution in [3.05, 3.63) is 51.5 Å². The topological polar surface area (TPSA) is 81.1 Å². The zero-order chi connectivity index (χ0) is 14.9. The van der Waals surface area contributed by atoms with Crippen LogP contribution in [-0.4, -0.2) is 5.91 Å². The molecule has 0 atom stereocenters. The molecule has 0 fully saturated rings. The summed E-state index contributed by atoms with van der Waals surface area (Å²) in [6.45, 7) is 4.04. The van der Waals surface area contributed by atoms with Gasteiger partial charge in [-0.25, -0.2) is 0 Å². The van der Waals surface area contributed by atoms with Crippen molar-refractivity contribution in [2.45, 2.75) is 13.8 Å². The molecule has 2 rings (SSSR count). The number of carbonyl (C=O) groups excluding carboxylic acids is 1. The molecule has 5 heteroatoms. The average molecular weight is 334 g/mol. The first-order valence-corrected chi connectivity index (χ1v) is 6.91. The Morgan fingerprint density at radius 3 is 2.30 bits per heavy atom. The second-order valence-electron chi connectivity index (χ2n) is 4.72. The van der Waals surface area contributed by atoms with Gasteiger partial charge in [0.1, 0.15) is 0 Å². The van der Waals surface area contributed by atoms with Gasteiger partial charge in [-0.05, 0) is 55.3 Å². The molecule has 0 aromatic heterocycles. The van der Waals surface area contributed by atoms with E-state index in [0.29, 0.717) is 16.9 Å². The number of amides is 1. The molecule has 104 valence electrons. The van der Waals surface area contributed by atoms with Gasteiger partial charge in [0, 0.05) is 15.7 Å². The van der Waals surface area contributed by atoms with Gasteiger partial charge in [0.15, 0.2) is 0 Å². The predicted molar refractivity (Wildman–Crippen MR) is 86.3 cm³/mol. The molecule has 1 amide bonds. The van der Waals surface area contributed by atoms with E-state index in [0.717, 1.165) is 21.3 Å². The molecule has 2 aromatic carbocycles. The number of nitrogens with one attached hydrogen (secondary N) is 1. The number of rotatable bonds is 3. The monoisotopic (exact) mass is 333 g/mol. The third-order valence-electron chi connectivity index (χ3n) is 3.05. The summed E-state index contributed by atoms with van der Waals surface area (Å²) < 4.78 is 1.09. The lowest BCUT2D eigenvalue weighted by Gasteiger charge is -2.13. The number of nitrogen functional groups attached to an aromatic ring is 1. The Kier molecular flexibility index (Phi) is 3.99. The van der Waals surface area contributed by atoms with E-state index in [1.54, 1.807) is 18.2 Å². The van der Waals surface area contributed by atoms with Crippen LogP contribution in [0.4, 0.5) is 17.1 Å². The highest BCUT2D eigenvalue weighted by Crippen LogP contribution is 2.29. The highest BCUT2D eigenvalue weighted by Gasteiger charge is 2.07. The van der Waals surface area contributed by atoms with E-state index in [-0.39, 0.29) is 0 Å². The quantitative estimate of drug-likeness (QED) is 0.752. The number of hydrogen-bond acceptors (Lipinski definition) is 3. The summed E-state index contributed by atoms with van der Waals surface area (Å²) >= 11 is 3.53. The molecular formula is C15H16BrN3O. The minimum Gasteiger partial charge on any atom is -0.397 e. The Bertz CT molecular complexity index is 660. The maximum Gasteiger partial charge on any atom is 0.248 e. The molecule has 5 N–H and O–H groups in total. The van der Waals surface area contributed by atoms with Crippen LogP contribution in [0.3, 0.4) is 0 Å². The van der Waals surface area contributed by atoms with Crippen molar-refractivity contribution in [1.82, 2.24) is 0 Å². The fourth-order valence-electron chi connectivity index (χ4n) is 1.99. The lowest BCUT2D eigenvalue weighted by atomic mass is 10.1. The Morgan fingerprint density at radius 1 is 1.15 bits per heavy atom. The maximum atomic E-state index is 11.2. The number of anilines is 3. The summed E-state index contributed by atoms with van der Waals surface area (Å²) in [5.41, 5.74) is 16.0. The summed E-state index contributed by atoms with van der Waals surface area (Å²) in [5.74, 6) is -0.476. The molecular weight excluding hydrogens is 318 g/mol. The van der Waals surface area contributed by atoms with Crippen LogP contribution in [0.1, 0.15) is 21.5 Å². The largest absolute Gasteiger partial charge is 0.397 e. The fourth-order valence-corrected chi connectivity index (χ4v) is 2.22. The Hall–Kier alpha value is -2.01. The first-order chi connectivity index (χ1) is 9.38. The Morgan fingerprint density at radius 2 is 1.75 bits per heavy atom. The Balaban J connectivity index is 2.39. The van der Waals surface area contributed by atoms with E-state index < -0.39 is 5.91 Å². The highest BCUT2D eigenvalue weighted by molar-refractivity contribution is 9.10. The van der Waals surface area contributed by atoms with Crippen molar-refractivity contribution in [3.63, 3.8) is 0 Å². The molecule has 0 radical (unpaired) electrons. The van der Waals surface area contributed by atoms with Crippen molar-refractivity contribution >= 4 is 38.9 Å². The molecule has 20 heavy (non-hydrogen) atoms. The molecule has 0 aliphatic carbocycles. The number of aryl methyl sites for hydroxylation is 2. The first-order valence-electron chi connectivity index (χ1n) is 6.11. The zero-order valence-electron chi connectivity index (χ0n) is 11.3. The van der Waals surface area contributed by atoms with Crippen LogP contribution >= 0.6 is 15.9 Å². The fraction of sp³-hybridized carbons (Fsp3) is 0.133. The van der Waals surface area contributed by atoms with Crippen LogP contribution in [0.15, 0.2) is 34.8 Å². The van der Waals surface area contributed by atoms with Crippen LogP contribution in [0.25, 0.3) is 0 Å². The van der Waals surface area contributed by atoms with Crippen LogP contribution in [0, 0.1) is 13.8 Å². The van der Waals surface area contributed by atoms with E-state index >= 15 is 0 Å². The van der Waals surface area contributed by atoms with E-state index in [4.69, 9.17) is 11.5 Å². The van der Waals surface area contributed by atoms with Gasteiger partial charge in [0.25, 0.3) is 0 Å². The maximum absolute atomic E-state index is 11.2. The van der Waals surface area contributed by atoms with Gasteiger partial charge in [-0.2, -0.15) is 0 Å². The lowest BCUT2D eigenvalue weighted by molar-refractivity contribution is 0.100. The molecule has 0 saturated heterocycles. The minimum atomic E-state index is -0.476. The van der Waals surface area contributed by atoms with Gasteiger partial charge in [-0.1, -0.05) is 15.9 Å². The summed E-state index contributed by atoms with van der Waals surface area (Å²) in [6, 6.07) is 8.95.